The van der Waals surface area contributed by atoms with Gasteiger partial charge in [-0.1, -0.05) is 48.5 Å². The molecule has 8 heteroatoms. The largest absolute Gasteiger partial charge is 0.491 e. The number of esters is 1. The molecule has 1 aromatic heterocycles. The van der Waals surface area contributed by atoms with Crippen molar-refractivity contribution in [2.75, 3.05) is 13.2 Å². The second-order valence-corrected chi connectivity index (χ2v) is 11.0. The van der Waals surface area contributed by atoms with Crippen LogP contribution in [0.5, 0.6) is 5.75 Å². The lowest BCUT2D eigenvalue weighted by Gasteiger charge is -2.22. The van der Waals surface area contributed by atoms with Crippen LogP contribution in [0.25, 0.3) is 6.08 Å². The topological polar surface area (TPSA) is 104 Å². The van der Waals surface area contributed by atoms with E-state index in [1.165, 1.54) is 11.6 Å². The van der Waals surface area contributed by atoms with Gasteiger partial charge in [0.15, 0.2) is 0 Å². The first-order valence-corrected chi connectivity index (χ1v) is 14.0. The van der Waals surface area contributed by atoms with E-state index in [0.29, 0.717) is 23.8 Å². The van der Waals surface area contributed by atoms with Gasteiger partial charge in [-0.15, -0.1) is 11.8 Å². The predicted octanol–water partition coefficient (Wildman–Crippen LogP) is 5.18. The third-order valence-electron chi connectivity index (χ3n) is 5.42. The summed E-state index contributed by atoms with van der Waals surface area (Å²) in [5, 5.41) is 2.76. The van der Waals surface area contributed by atoms with Gasteiger partial charge < -0.3 is 20.5 Å². The van der Waals surface area contributed by atoms with Gasteiger partial charge in [-0.05, 0) is 63.1 Å². The number of nitrogens with zero attached hydrogens (tertiary/aromatic N) is 1. The number of amides is 1. The van der Waals surface area contributed by atoms with Gasteiger partial charge in [0.25, 0.3) is 0 Å². The number of aromatic nitrogens is 1. The Labute approximate surface area is 235 Å². The van der Waals surface area contributed by atoms with Crippen LogP contribution in [0.3, 0.4) is 0 Å². The molecule has 0 bridgehead atoms. The highest BCUT2D eigenvalue weighted by Crippen LogP contribution is 2.25. The zero-order valence-corrected chi connectivity index (χ0v) is 23.6. The highest BCUT2D eigenvalue weighted by molar-refractivity contribution is 7.98. The van der Waals surface area contributed by atoms with Gasteiger partial charge in [-0.3, -0.25) is 9.59 Å². The Morgan fingerprint density at radius 2 is 1.72 bits per heavy atom. The van der Waals surface area contributed by atoms with E-state index >= 15 is 0 Å². The van der Waals surface area contributed by atoms with Crippen LogP contribution in [0.2, 0.25) is 0 Å². The summed E-state index contributed by atoms with van der Waals surface area (Å²) in [6.07, 6.45) is 4.10. The molecule has 0 aliphatic rings. The number of carbonyl (C=O) groups is 2. The molecule has 3 N–H and O–H groups in total. The number of benzene rings is 2. The van der Waals surface area contributed by atoms with Crippen molar-refractivity contribution in [3.8, 4) is 5.75 Å². The van der Waals surface area contributed by atoms with Crippen LogP contribution in [0.4, 0.5) is 0 Å². The molecular formula is C31H37N3O4S. The zero-order chi connectivity index (χ0) is 28.1. The molecule has 7 nitrogen and oxygen atoms in total. The number of hydrogen-bond acceptors (Lipinski definition) is 7. The van der Waals surface area contributed by atoms with Crippen molar-refractivity contribution in [3.05, 3.63) is 95.8 Å². The fraction of sp³-hybridized carbons (Fsp3) is 0.323. The molecule has 2 aromatic carbocycles. The summed E-state index contributed by atoms with van der Waals surface area (Å²) in [7, 11) is 0. The third kappa shape index (κ3) is 11.3. The number of pyridine rings is 1. The average molecular weight is 548 g/mol. The summed E-state index contributed by atoms with van der Waals surface area (Å²) < 4.78 is 11.3. The van der Waals surface area contributed by atoms with Crippen molar-refractivity contribution < 1.29 is 19.1 Å². The van der Waals surface area contributed by atoms with Gasteiger partial charge >= 0.3 is 5.97 Å². The summed E-state index contributed by atoms with van der Waals surface area (Å²) in [5.74, 6) is 0.492. The first-order chi connectivity index (χ1) is 18.7. The van der Waals surface area contributed by atoms with Crippen molar-refractivity contribution in [2.24, 2.45) is 5.73 Å². The highest BCUT2D eigenvalue weighted by Gasteiger charge is 2.21. The Kier molecular flexibility index (Phi) is 11.6. The standard InChI is InChI=1S/C31H37N3O4S/c1-31(2,3)38-30(36)26(32)18-20-33-29(35)17-15-27-28(37-21-19-23-10-6-4-7-11-23)16-14-24(34-27)22-39-25-12-8-5-9-13-25/h4-17,26H,18-22,32H2,1-3H3,(H,33,35)/b17-15+. The van der Waals surface area contributed by atoms with Crippen molar-refractivity contribution in [2.45, 2.75) is 55.9 Å². The van der Waals surface area contributed by atoms with E-state index in [0.717, 1.165) is 17.0 Å². The smallest absolute Gasteiger partial charge is 0.323 e. The van der Waals surface area contributed by atoms with E-state index in [-0.39, 0.29) is 18.9 Å². The maximum absolute atomic E-state index is 12.5. The second-order valence-electron chi connectivity index (χ2n) is 9.92. The molecule has 39 heavy (non-hydrogen) atoms. The number of nitrogens with one attached hydrogen (secondary N) is 1. The lowest BCUT2D eigenvalue weighted by molar-refractivity contribution is -0.156. The molecule has 3 aromatic rings. The molecular weight excluding hydrogens is 510 g/mol. The molecule has 0 saturated heterocycles. The third-order valence-corrected chi connectivity index (χ3v) is 6.47. The van der Waals surface area contributed by atoms with Crippen LogP contribution in [-0.2, 0) is 26.5 Å². The van der Waals surface area contributed by atoms with Crippen LogP contribution in [0, 0.1) is 0 Å². The molecule has 1 heterocycles. The molecule has 3 rings (SSSR count). The minimum atomic E-state index is -0.807. The van der Waals surface area contributed by atoms with Crippen LogP contribution >= 0.6 is 11.8 Å². The minimum Gasteiger partial charge on any atom is -0.491 e. The summed E-state index contributed by atoms with van der Waals surface area (Å²) in [5.41, 5.74) is 7.93. The Bertz CT molecular complexity index is 1230. The molecule has 1 unspecified atom stereocenters. The van der Waals surface area contributed by atoms with E-state index in [2.05, 4.69) is 29.6 Å². The molecule has 0 spiro atoms. The van der Waals surface area contributed by atoms with E-state index in [1.807, 2.05) is 48.5 Å². The Balaban J connectivity index is 1.61. The Morgan fingerprint density at radius 3 is 2.41 bits per heavy atom. The molecule has 0 saturated carbocycles. The number of ether oxygens (including phenoxy) is 2. The molecule has 0 aliphatic carbocycles. The van der Waals surface area contributed by atoms with Gasteiger partial charge in [-0.2, -0.15) is 0 Å². The van der Waals surface area contributed by atoms with Crippen LogP contribution in [-0.4, -0.2) is 41.7 Å². The number of rotatable bonds is 13. The number of carbonyl (C=O) groups excluding carboxylic acids is 2. The van der Waals surface area contributed by atoms with Crippen molar-refractivity contribution >= 4 is 29.7 Å². The maximum Gasteiger partial charge on any atom is 0.323 e. The average Bonchev–Trinajstić information content (AvgIpc) is 2.91. The van der Waals surface area contributed by atoms with Crippen molar-refractivity contribution in [3.63, 3.8) is 0 Å². The molecule has 206 valence electrons. The summed E-state index contributed by atoms with van der Waals surface area (Å²) in [6, 6.07) is 23.3. The second kappa shape index (κ2) is 15.1. The van der Waals surface area contributed by atoms with E-state index in [1.54, 1.807) is 38.6 Å². The van der Waals surface area contributed by atoms with Crippen LogP contribution in [0.15, 0.2) is 83.8 Å². The SMILES string of the molecule is CC(C)(C)OC(=O)C(N)CCNC(=O)/C=C/c1nc(CSc2ccccc2)ccc1OCCc1ccccc1. The van der Waals surface area contributed by atoms with Crippen LogP contribution < -0.4 is 15.8 Å². The van der Waals surface area contributed by atoms with Crippen LogP contribution in [0.1, 0.15) is 44.1 Å². The predicted molar refractivity (Wildman–Crippen MR) is 156 cm³/mol. The monoisotopic (exact) mass is 547 g/mol. The first-order valence-electron chi connectivity index (χ1n) is 13.0. The fourth-order valence-electron chi connectivity index (χ4n) is 3.48. The Hall–Kier alpha value is -3.62. The van der Waals surface area contributed by atoms with Gasteiger partial charge in [0.2, 0.25) is 5.91 Å². The van der Waals surface area contributed by atoms with Gasteiger partial charge in [0, 0.05) is 29.7 Å². The molecule has 1 amide bonds. The van der Waals surface area contributed by atoms with Gasteiger partial charge in [0.1, 0.15) is 23.1 Å². The number of nitrogens with two attached hydrogens (primary N) is 1. The van der Waals surface area contributed by atoms with Gasteiger partial charge in [0.05, 0.1) is 12.3 Å². The fourth-order valence-corrected chi connectivity index (χ4v) is 4.31. The van der Waals surface area contributed by atoms with Crippen molar-refractivity contribution in [1.29, 1.82) is 0 Å². The van der Waals surface area contributed by atoms with E-state index < -0.39 is 17.6 Å². The van der Waals surface area contributed by atoms with E-state index in [4.69, 9.17) is 20.2 Å². The maximum atomic E-state index is 12.5. The lowest BCUT2D eigenvalue weighted by atomic mass is 10.1. The molecule has 0 aliphatic heterocycles. The quantitative estimate of drug-likeness (QED) is 0.173. The summed E-state index contributed by atoms with van der Waals surface area (Å²) >= 11 is 1.69. The van der Waals surface area contributed by atoms with Crippen molar-refractivity contribution in [1.82, 2.24) is 10.3 Å². The normalized spacial score (nSPS) is 12.2. The minimum absolute atomic E-state index is 0.241. The first kappa shape index (κ1) is 29.9. The molecule has 0 fully saturated rings. The highest BCUT2D eigenvalue weighted by atomic mass is 32.2. The molecule has 1 atom stereocenters. The summed E-state index contributed by atoms with van der Waals surface area (Å²) in [6.45, 7) is 6.08. The molecule has 0 radical (unpaired) electrons. The lowest BCUT2D eigenvalue weighted by Crippen LogP contribution is -2.39. The summed E-state index contributed by atoms with van der Waals surface area (Å²) in [4.78, 5) is 30.4. The number of thioether (sulfide) groups is 1. The van der Waals surface area contributed by atoms with E-state index in [9.17, 15) is 9.59 Å². The van der Waals surface area contributed by atoms with Gasteiger partial charge in [-0.25, -0.2) is 4.98 Å². The Morgan fingerprint density at radius 1 is 1.03 bits per heavy atom. The zero-order valence-electron chi connectivity index (χ0n) is 22.8. The number of hydrogen-bond donors (Lipinski definition) is 2.